The van der Waals surface area contributed by atoms with Crippen LogP contribution in [-0.2, 0) is 6.54 Å². The third-order valence-electron chi connectivity index (χ3n) is 3.56. The minimum atomic E-state index is -0.756. The van der Waals surface area contributed by atoms with Crippen LogP contribution in [0.15, 0.2) is 33.8 Å². The van der Waals surface area contributed by atoms with Crippen molar-refractivity contribution in [2.75, 3.05) is 13.6 Å². The van der Waals surface area contributed by atoms with Crippen LogP contribution in [0.3, 0.4) is 0 Å². The summed E-state index contributed by atoms with van der Waals surface area (Å²) in [5.74, 6) is 0.980. The van der Waals surface area contributed by atoms with Crippen molar-refractivity contribution in [1.82, 2.24) is 15.8 Å². The smallest absolute Gasteiger partial charge is 0.191 e. The van der Waals surface area contributed by atoms with E-state index in [-0.39, 0.29) is 12.4 Å². The zero-order chi connectivity index (χ0) is 16.8. The average molecular weight is 320 g/mol. The number of nitrogens with zero attached hydrogens (tertiary/aromatic N) is 2. The first kappa shape index (κ1) is 17.0. The van der Waals surface area contributed by atoms with Crippen LogP contribution < -0.4 is 10.6 Å². The second-order valence-electron chi connectivity index (χ2n) is 5.18. The molecule has 0 aliphatic rings. The van der Waals surface area contributed by atoms with Gasteiger partial charge >= 0.3 is 0 Å². The van der Waals surface area contributed by atoms with Crippen LogP contribution in [0.4, 0.5) is 4.39 Å². The highest BCUT2D eigenvalue weighted by Crippen LogP contribution is 2.13. The number of halogens is 1. The van der Waals surface area contributed by atoms with Crippen LogP contribution >= 0.6 is 0 Å². The maximum atomic E-state index is 12.9. The summed E-state index contributed by atoms with van der Waals surface area (Å²) in [6, 6.07) is 5.76. The zero-order valence-corrected chi connectivity index (χ0v) is 13.4. The summed E-state index contributed by atoms with van der Waals surface area (Å²) in [5, 5.41) is 20.2. The Hall–Kier alpha value is -2.41. The molecule has 0 aliphatic heterocycles. The van der Waals surface area contributed by atoms with E-state index in [1.54, 1.807) is 19.2 Å². The lowest BCUT2D eigenvalue weighted by Gasteiger charge is -2.15. The number of hydrogen-bond acceptors (Lipinski definition) is 4. The molecule has 0 aliphatic carbocycles. The molecule has 2 rings (SSSR count). The Bertz CT molecular complexity index is 648. The molecule has 1 aromatic carbocycles. The van der Waals surface area contributed by atoms with Gasteiger partial charge < -0.3 is 20.3 Å². The van der Waals surface area contributed by atoms with Gasteiger partial charge in [-0.25, -0.2) is 4.39 Å². The minimum absolute atomic E-state index is 0.257. The molecule has 0 saturated heterocycles. The predicted molar refractivity (Wildman–Crippen MR) is 85.5 cm³/mol. The number of aliphatic imine (C=N–C) groups is 1. The maximum Gasteiger partial charge on any atom is 0.191 e. The van der Waals surface area contributed by atoms with Gasteiger partial charge in [0.25, 0.3) is 0 Å². The summed E-state index contributed by atoms with van der Waals surface area (Å²) < 4.78 is 18.0. The summed E-state index contributed by atoms with van der Waals surface area (Å²) in [5.41, 5.74) is 2.45. The molecule has 1 unspecified atom stereocenters. The van der Waals surface area contributed by atoms with Crippen LogP contribution in [0.5, 0.6) is 0 Å². The van der Waals surface area contributed by atoms with Crippen molar-refractivity contribution in [3.8, 4) is 0 Å². The first-order chi connectivity index (χ1) is 11.0. The van der Waals surface area contributed by atoms with Gasteiger partial charge in [0, 0.05) is 25.7 Å². The molecule has 0 amide bonds. The van der Waals surface area contributed by atoms with E-state index in [2.05, 4.69) is 20.8 Å². The van der Waals surface area contributed by atoms with Gasteiger partial charge in [0.05, 0.1) is 11.8 Å². The number of hydrogen-bond donors (Lipinski definition) is 3. The Morgan fingerprint density at radius 2 is 2.00 bits per heavy atom. The average Bonchev–Trinajstić information content (AvgIpc) is 2.87. The molecular formula is C16H21FN4O2. The number of aryl methyl sites for hydroxylation is 2. The third kappa shape index (κ3) is 4.53. The van der Waals surface area contributed by atoms with Gasteiger partial charge in [0.15, 0.2) is 5.96 Å². The van der Waals surface area contributed by atoms with Crippen LogP contribution in [-0.4, -0.2) is 29.8 Å². The Morgan fingerprint density at radius 1 is 1.30 bits per heavy atom. The summed E-state index contributed by atoms with van der Waals surface area (Å²) >= 11 is 0. The van der Waals surface area contributed by atoms with Gasteiger partial charge in [-0.05, 0) is 31.5 Å². The first-order valence-corrected chi connectivity index (χ1v) is 7.31. The van der Waals surface area contributed by atoms with Crippen molar-refractivity contribution in [3.63, 3.8) is 0 Å². The van der Waals surface area contributed by atoms with E-state index in [4.69, 9.17) is 4.52 Å². The molecule has 1 heterocycles. The standard InChI is InChI=1S/C16H21FN4O2/c1-10-14(11(2)23-21-10)8-19-16(18-3)20-9-15(22)12-4-6-13(17)7-5-12/h4-7,15,22H,8-9H2,1-3H3,(H2,18,19,20). The Morgan fingerprint density at radius 3 is 2.57 bits per heavy atom. The van der Waals surface area contributed by atoms with E-state index in [1.165, 1.54) is 12.1 Å². The topological polar surface area (TPSA) is 82.7 Å². The van der Waals surface area contributed by atoms with E-state index in [1.807, 2.05) is 13.8 Å². The molecule has 23 heavy (non-hydrogen) atoms. The zero-order valence-electron chi connectivity index (χ0n) is 13.4. The SMILES string of the molecule is CN=C(NCc1c(C)noc1C)NCC(O)c1ccc(F)cc1. The largest absolute Gasteiger partial charge is 0.387 e. The fraction of sp³-hybridized carbons (Fsp3) is 0.375. The molecule has 1 aromatic heterocycles. The van der Waals surface area contributed by atoms with Crippen molar-refractivity contribution < 1.29 is 14.0 Å². The fourth-order valence-corrected chi connectivity index (χ4v) is 2.14. The number of aromatic nitrogens is 1. The Balaban J connectivity index is 1.86. The molecule has 0 bridgehead atoms. The molecule has 0 saturated carbocycles. The highest BCUT2D eigenvalue weighted by atomic mass is 19.1. The van der Waals surface area contributed by atoms with Crippen LogP contribution in [0.25, 0.3) is 0 Å². The van der Waals surface area contributed by atoms with E-state index in [9.17, 15) is 9.50 Å². The van der Waals surface area contributed by atoms with Crippen LogP contribution in [0, 0.1) is 19.7 Å². The monoisotopic (exact) mass is 320 g/mol. The second kappa shape index (κ2) is 7.73. The van der Waals surface area contributed by atoms with Gasteiger partial charge in [-0.2, -0.15) is 0 Å². The molecule has 7 heteroatoms. The Kier molecular flexibility index (Phi) is 5.70. The molecule has 1 atom stereocenters. The third-order valence-corrected chi connectivity index (χ3v) is 3.56. The highest BCUT2D eigenvalue weighted by molar-refractivity contribution is 5.79. The van der Waals surface area contributed by atoms with Crippen molar-refractivity contribution in [1.29, 1.82) is 0 Å². The number of nitrogens with one attached hydrogen (secondary N) is 2. The molecule has 6 nitrogen and oxygen atoms in total. The van der Waals surface area contributed by atoms with Crippen molar-refractivity contribution >= 4 is 5.96 Å². The molecule has 0 radical (unpaired) electrons. The van der Waals surface area contributed by atoms with E-state index >= 15 is 0 Å². The Labute approximate surface area is 134 Å². The van der Waals surface area contributed by atoms with E-state index in [0.717, 1.165) is 17.0 Å². The van der Waals surface area contributed by atoms with Gasteiger partial charge in [0.1, 0.15) is 11.6 Å². The normalized spacial score (nSPS) is 13.0. The molecular weight excluding hydrogens is 299 g/mol. The molecule has 0 fully saturated rings. The summed E-state index contributed by atoms with van der Waals surface area (Å²) in [6.45, 7) is 4.51. The lowest BCUT2D eigenvalue weighted by molar-refractivity contribution is 0.180. The maximum absolute atomic E-state index is 12.9. The highest BCUT2D eigenvalue weighted by Gasteiger charge is 2.11. The molecule has 0 spiro atoms. The summed E-state index contributed by atoms with van der Waals surface area (Å²) in [4.78, 5) is 4.10. The quantitative estimate of drug-likeness (QED) is 0.578. The van der Waals surface area contributed by atoms with Gasteiger partial charge in [-0.15, -0.1) is 0 Å². The van der Waals surface area contributed by atoms with E-state index < -0.39 is 6.10 Å². The second-order valence-corrected chi connectivity index (χ2v) is 5.18. The van der Waals surface area contributed by atoms with Crippen molar-refractivity contribution in [3.05, 3.63) is 52.7 Å². The summed E-state index contributed by atoms with van der Waals surface area (Å²) in [7, 11) is 1.65. The van der Waals surface area contributed by atoms with Gasteiger partial charge in [-0.3, -0.25) is 4.99 Å². The van der Waals surface area contributed by atoms with Crippen LogP contribution in [0.1, 0.15) is 28.7 Å². The van der Waals surface area contributed by atoms with E-state index in [0.29, 0.717) is 18.1 Å². The lowest BCUT2D eigenvalue weighted by atomic mass is 10.1. The predicted octanol–water partition coefficient (Wildman–Crippen LogP) is 1.83. The van der Waals surface area contributed by atoms with Crippen molar-refractivity contribution in [2.24, 2.45) is 4.99 Å². The van der Waals surface area contributed by atoms with Gasteiger partial charge in [0.2, 0.25) is 0 Å². The minimum Gasteiger partial charge on any atom is -0.387 e. The fourth-order valence-electron chi connectivity index (χ4n) is 2.14. The van der Waals surface area contributed by atoms with Crippen molar-refractivity contribution in [2.45, 2.75) is 26.5 Å². The molecule has 2 aromatic rings. The number of guanidine groups is 1. The number of rotatable bonds is 5. The molecule has 3 N–H and O–H groups in total. The number of aliphatic hydroxyl groups excluding tert-OH is 1. The summed E-state index contributed by atoms with van der Waals surface area (Å²) in [6.07, 6.45) is -0.756. The lowest BCUT2D eigenvalue weighted by Crippen LogP contribution is -2.39. The molecule has 124 valence electrons. The van der Waals surface area contributed by atoms with Gasteiger partial charge in [-0.1, -0.05) is 17.3 Å². The number of aliphatic hydroxyl groups is 1. The first-order valence-electron chi connectivity index (χ1n) is 7.31. The van der Waals surface area contributed by atoms with Crippen LogP contribution in [0.2, 0.25) is 0 Å². The number of benzene rings is 1.